The lowest BCUT2D eigenvalue weighted by molar-refractivity contribution is 0.0991. The van der Waals surface area contributed by atoms with Crippen LogP contribution in [0.2, 0.25) is 0 Å². The van der Waals surface area contributed by atoms with E-state index in [4.69, 9.17) is 10.2 Å². The highest BCUT2D eigenvalue weighted by Crippen LogP contribution is 2.21. The summed E-state index contributed by atoms with van der Waals surface area (Å²) in [6.07, 6.45) is 1.96. The topological polar surface area (TPSA) is 84.3 Å². The Morgan fingerprint density at radius 3 is 3.06 bits per heavy atom. The molecule has 5 nitrogen and oxygen atoms in total. The predicted molar refractivity (Wildman–Crippen MR) is 75.9 cm³/mol. The van der Waals surface area contributed by atoms with E-state index in [9.17, 15) is 5.11 Å². The smallest absolute Gasteiger partial charge is 0.295 e. The van der Waals surface area contributed by atoms with Gasteiger partial charge < -0.3 is 20.6 Å². The molecule has 0 aliphatic heterocycles. The largest absolute Gasteiger partial charge is 0.424 e. The van der Waals surface area contributed by atoms with Gasteiger partial charge in [-0.15, -0.1) is 0 Å². The van der Waals surface area contributed by atoms with Crippen LogP contribution in [0.25, 0.3) is 11.1 Å². The minimum Gasteiger partial charge on any atom is -0.424 e. The highest BCUT2D eigenvalue weighted by Gasteiger charge is 2.20. The number of nitrogen functional groups attached to an aromatic ring is 1. The van der Waals surface area contributed by atoms with Gasteiger partial charge in [-0.2, -0.15) is 16.7 Å². The van der Waals surface area contributed by atoms with Crippen molar-refractivity contribution in [3.63, 3.8) is 0 Å². The molecule has 1 heterocycles. The number of benzene rings is 1. The van der Waals surface area contributed by atoms with E-state index in [1.165, 1.54) is 0 Å². The van der Waals surface area contributed by atoms with Crippen LogP contribution in [-0.2, 0) is 0 Å². The third kappa shape index (κ3) is 3.08. The number of thioether (sulfide) groups is 1. The normalized spacial score (nSPS) is 14.6. The molecule has 1 atom stereocenters. The van der Waals surface area contributed by atoms with Crippen LogP contribution in [0.15, 0.2) is 22.6 Å². The fourth-order valence-corrected chi connectivity index (χ4v) is 2.37. The number of nitrogens with one attached hydrogen (secondary N) is 1. The van der Waals surface area contributed by atoms with Crippen molar-refractivity contribution in [3.05, 3.63) is 18.2 Å². The summed E-state index contributed by atoms with van der Waals surface area (Å²) >= 11 is 1.59. The molecule has 98 valence electrons. The molecule has 1 unspecified atom stereocenters. The standard InChI is InChI=1S/C12H17N3O2S/c1-12(16,7-18-2)6-14-11-15-9-5-8(13)3-4-10(9)17-11/h3-5,16H,6-7,13H2,1-2H3,(H,14,15). The zero-order chi connectivity index (χ0) is 13.2. The zero-order valence-corrected chi connectivity index (χ0v) is 11.3. The average Bonchev–Trinajstić information content (AvgIpc) is 2.68. The summed E-state index contributed by atoms with van der Waals surface area (Å²) in [6, 6.07) is 5.70. The lowest BCUT2D eigenvalue weighted by Gasteiger charge is -2.21. The predicted octanol–water partition coefficient (Wildman–Crippen LogP) is 1.94. The van der Waals surface area contributed by atoms with E-state index in [1.54, 1.807) is 36.9 Å². The number of aliphatic hydroxyl groups is 1. The third-order valence-corrected chi connectivity index (χ3v) is 3.40. The summed E-state index contributed by atoms with van der Waals surface area (Å²) in [7, 11) is 0. The van der Waals surface area contributed by atoms with Gasteiger partial charge in [0.15, 0.2) is 5.58 Å². The minimum atomic E-state index is -0.793. The van der Waals surface area contributed by atoms with Crippen molar-refractivity contribution in [2.24, 2.45) is 0 Å². The summed E-state index contributed by atoms with van der Waals surface area (Å²) in [6.45, 7) is 2.16. The summed E-state index contributed by atoms with van der Waals surface area (Å²) in [5.74, 6) is 0.646. The van der Waals surface area contributed by atoms with Crippen LogP contribution in [0, 0.1) is 0 Å². The van der Waals surface area contributed by atoms with Gasteiger partial charge in [0, 0.05) is 18.0 Å². The maximum Gasteiger partial charge on any atom is 0.295 e. The number of aromatic nitrogens is 1. The molecule has 18 heavy (non-hydrogen) atoms. The molecule has 2 aromatic rings. The molecule has 0 radical (unpaired) electrons. The SMILES string of the molecule is CSCC(C)(O)CNc1nc2cc(N)ccc2o1. The first kappa shape index (κ1) is 13.0. The van der Waals surface area contributed by atoms with Crippen molar-refractivity contribution in [1.82, 2.24) is 4.98 Å². The Morgan fingerprint density at radius 2 is 2.33 bits per heavy atom. The van der Waals surface area contributed by atoms with Crippen LogP contribution >= 0.6 is 11.8 Å². The van der Waals surface area contributed by atoms with Crippen LogP contribution in [0.5, 0.6) is 0 Å². The molecule has 0 aliphatic rings. The second kappa shape index (κ2) is 5.07. The summed E-state index contributed by atoms with van der Waals surface area (Å²) in [4.78, 5) is 4.26. The second-order valence-electron chi connectivity index (χ2n) is 4.53. The van der Waals surface area contributed by atoms with Gasteiger partial charge in [0.05, 0.1) is 5.60 Å². The fourth-order valence-electron chi connectivity index (χ4n) is 1.65. The molecule has 2 rings (SSSR count). The molecule has 0 saturated carbocycles. The number of fused-ring (bicyclic) bond motifs is 1. The molecule has 0 aliphatic carbocycles. The average molecular weight is 267 g/mol. The van der Waals surface area contributed by atoms with Crippen molar-refractivity contribution < 1.29 is 9.52 Å². The summed E-state index contributed by atoms with van der Waals surface area (Å²) in [5, 5.41) is 13.0. The first-order chi connectivity index (χ1) is 8.50. The Morgan fingerprint density at radius 1 is 1.56 bits per heavy atom. The lowest BCUT2D eigenvalue weighted by atomic mass is 10.1. The molecule has 0 bridgehead atoms. The van der Waals surface area contributed by atoms with Crippen molar-refractivity contribution >= 4 is 34.6 Å². The Hall–Kier alpha value is -1.40. The molecule has 1 aromatic heterocycles. The van der Waals surface area contributed by atoms with Gasteiger partial charge in [-0.3, -0.25) is 0 Å². The fraction of sp³-hybridized carbons (Fsp3) is 0.417. The van der Waals surface area contributed by atoms with E-state index in [1.807, 2.05) is 6.26 Å². The van der Waals surface area contributed by atoms with Gasteiger partial charge in [0.2, 0.25) is 0 Å². The van der Waals surface area contributed by atoms with Gasteiger partial charge in [-0.1, -0.05) is 0 Å². The number of oxazole rings is 1. The first-order valence-electron chi connectivity index (χ1n) is 5.61. The van der Waals surface area contributed by atoms with Crippen molar-refractivity contribution in [2.75, 3.05) is 29.6 Å². The highest BCUT2D eigenvalue weighted by molar-refractivity contribution is 7.98. The van der Waals surface area contributed by atoms with Gasteiger partial charge in [0.25, 0.3) is 6.01 Å². The van der Waals surface area contributed by atoms with Crippen LogP contribution < -0.4 is 11.1 Å². The summed E-state index contributed by atoms with van der Waals surface area (Å²) in [5.41, 5.74) is 6.92. The molecule has 0 spiro atoms. The maximum absolute atomic E-state index is 10.0. The zero-order valence-electron chi connectivity index (χ0n) is 10.4. The third-order valence-electron chi connectivity index (χ3n) is 2.49. The number of hydrogen-bond donors (Lipinski definition) is 3. The molecule has 0 saturated heterocycles. The molecule has 1 aromatic carbocycles. The minimum absolute atomic E-state index is 0.385. The highest BCUT2D eigenvalue weighted by atomic mass is 32.2. The lowest BCUT2D eigenvalue weighted by Crippen LogP contribution is -2.36. The number of rotatable bonds is 5. The molecule has 4 N–H and O–H groups in total. The Balaban J connectivity index is 2.08. The van der Waals surface area contributed by atoms with Crippen molar-refractivity contribution in [3.8, 4) is 0 Å². The summed E-state index contributed by atoms with van der Waals surface area (Å²) < 4.78 is 5.50. The molecule has 0 fully saturated rings. The maximum atomic E-state index is 10.0. The van der Waals surface area contributed by atoms with Gasteiger partial charge in [-0.25, -0.2) is 0 Å². The van der Waals surface area contributed by atoms with Crippen molar-refractivity contribution in [1.29, 1.82) is 0 Å². The van der Waals surface area contributed by atoms with E-state index >= 15 is 0 Å². The van der Waals surface area contributed by atoms with E-state index < -0.39 is 5.60 Å². The van der Waals surface area contributed by atoms with E-state index in [0.29, 0.717) is 35.1 Å². The monoisotopic (exact) mass is 267 g/mol. The van der Waals surface area contributed by atoms with E-state index in [-0.39, 0.29) is 0 Å². The van der Waals surface area contributed by atoms with Gasteiger partial charge in [0.1, 0.15) is 5.52 Å². The number of nitrogens with zero attached hydrogens (tertiary/aromatic N) is 1. The molecular weight excluding hydrogens is 250 g/mol. The van der Waals surface area contributed by atoms with Gasteiger partial charge >= 0.3 is 0 Å². The Kier molecular flexibility index (Phi) is 3.68. The molecular formula is C12H17N3O2S. The molecule has 0 amide bonds. The second-order valence-corrected chi connectivity index (χ2v) is 5.40. The van der Waals surface area contributed by atoms with E-state index in [2.05, 4.69) is 10.3 Å². The Labute approximate surface area is 110 Å². The van der Waals surface area contributed by atoms with Crippen LogP contribution in [0.3, 0.4) is 0 Å². The Bertz CT molecular complexity index is 539. The van der Waals surface area contributed by atoms with E-state index in [0.717, 1.165) is 0 Å². The van der Waals surface area contributed by atoms with Crippen molar-refractivity contribution in [2.45, 2.75) is 12.5 Å². The molecule has 6 heteroatoms. The number of hydrogen-bond acceptors (Lipinski definition) is 6. The first-order valence-corrected chi connectivity index (χ1v) is 7.01. The van der Waals surface area contributed by atoms with Crippen LogP contribution in [0.1, 0.15) is 6.92 Å². The van der Waals surface area contributed by atoms with Crippen LogP contribution in [-0.4, -0.2) is 34.2 Å². The number of nitrogens with two attached hydrogens (primary N) is 1. The van der Waals surface area contributed by atoms with Crippen LogP contribution in [0.4, 0.5) is 11.7 Å². The van der Waals surface area contributed by atoms with Gasteiger partial charge in [-0.05, 0) is 31.4 Å². The number of anilines is 2. The quantitative estimate of drug-likeness (QED) is 0.718.